The Kier molecular flexibility index (Phi) is 4.39. The molecule has 1 aliphatic heterocycles. The van der Waals surface area contributed by atoms with E-state index in [1.165, 1.54) is 0 Å². The van der Waals surface area contributed by atoms with Gasteiger partial charge in [0.05, 0.1) is 17.9 Å². The first-order valence-electron chi connectivity index (χ1n) is 8.05. The summed E-state index contributed by atoms with van der Waals surface area (Å²) < 4.78 is 1.70. The van der Waals surface area contributed by atoms with Crippen LogP contribution in [0.5, 0.6) is 0 Å². The third-order valence-electron chi connectivity index (χ3n) is 4.66. The molecule has 22 heavy (non-hydrogen) atoms. The highest BCUT2D eigenvalue weighted by molar-refractivity contribution is 5.94. The van der Waals surface area contributed by atoms with Crippen LogP contribution in [0.25, 0.3) is 0 Å². The maximum atomic E-state index is 12.8. The summed E-state index contributed by atoms with van der Waals surface area (Å²) in [6.45, 7) is 14.3. The number of aryl methyl sites for hydroxylation is 1. The van der Waals surface area contributed by atoms with Gasteiger partial charge in [-0.15, -0.1) is 0 Å². The predicted molar refractivity (Wildman–Crippen MR) is 89.6 cm³/mol. The fourth-order valence-electron chi connectivity index (χ4n) is 3.16. The van der Waals surface area contributed by atoms with Crippen molar-refractivity contribution in [2.45, 2.75) is 59.5 Å². The summed E-state index contributed by atoms with van der Waals surface area (Å²) >= 11 is 0. The van der Waals surface area contributed by atoms with Gasteiger partial charge in [-0.05, 0) is 38.5 Å². The number of nitrogens with zero attached hydrogens (tertiary/aromatic N) is 3. The Bertz CT molecular complexity index is 536. The van der Waals surface area contributed by atoms with Crippen molar-refractivity contribution in [3.05, 3.63) is 12.4 Å². The molecule has 0 radical (unpaired) electrons. The van der Waals surface area contributed by atoms with Crippen molar-refractivity contribution in [3.63, 3.8) is 0 Å². The van der Waals surface area contributed by atoms with Gasteiger partial charge in [0.1, 0.15) is 0 Å². The van der Waals surface area contributed by atoms with Gasteiger partial charge in [-0.3, -0.25) is 14.4 Å². The van der Waals surface area contributed by atoms with Crippen molar-refractivity contribution in [1.82, 2.24) is 14.7 Å². The summed E-state index contributed by atoms with van der Waals surface area (Å²) in [5.74, 6) is 0.603. The molecular weight excluding hydrogens is 276 g/mol. The maximum absolute atomic E-state index is 12.8. The van der Waals surface area contributed by atoms with E-state index < -0.39 is 0 Å². The predicted octanol–water partition coefficient (Wildman–Crippen LogP) is 2.89. The van der Waals surface area contributed by atoms with Gasteiger partial charge in [-0.1, -0.05) is 20.8 Å². The van der Waals surface area contributed by atoms with Gasteiger partial charge in [0, 0.05) is 25.3 Å². The highest BCUT2D eigenvalue weighted by atomic mass is 16.2. The maximum Gasteiger partial charge on any atom is 0.241 e. The van der Waals surface area contributed by atoms with Crippen LogP contribution in [0.2, 0.25) is 0 Å². The molecule has 1 aromatic rings. The van der Waals surface area contributed by atoms with E-state index >= 15 is 0 Å². The Labute approximate surface area is 134 Å². The molecule has 0 aliphatic carbocycles. The second-order valence-electron chi connectivity index (χ2n) is 8.53. The number of nitrogens with one attached hydrogen (secondary N) is 1. The van der Waals surface area contributed by atoms with Crippen molar-refractivity contribution in [2.75, 3.05) is 11.9 Å². The van der Waals surface area contributed by atoms with E-state index in [9.17, 15) is 4.79 Å². The summed E-state index contributed by atoms with van der Waals surface area (Å²) in [7, 11) is 1.85. The molecule has 0 bridgehead atoms. The summed E-state index contributed by atoms with van der Waals surface area (Å²) in [5.41, 5.74) is 0.963. The van der Waals surface area contributed by atoms with Gasteiger partial charge in [-0.2, -0.15) is 5.10 Å². The quantitative estimate of drug-likeness (QED) is 0.914. The zero-order chi connectivity index (χ0) is 16.7. The Morgan fingerprint density at radius 1 is 1.27 bits per heavy atom. The molecular formula is C17H30N4O. The topological polar surface area (TPSA) is 50.2 Å². The first kappa shape index (κ1) is 17.0. The normalized spacial score (nSPS) is 23.8. The van der Waals surface area contributed by atoms with Crippen LogP contribution >= 0.6 is 0 Å². The smallest absolute Gasteiger partial charge is 0.241 e. The number of carbonyl (C=O) groups excluding carboxylic acids is 1. The molecule has 2 atom stereocenters. The van der Waals surface area contributed by atoms with Gasteiger partial charge >= 0.3 is 0 Å². The molecule has 124 valence electrons. The van der Waals surface area contributed by atoms with Crippen LogP contribution in [0, 0.1) is 11.3 Å². The highest BCUT2D eigenvalue weighted by Crippen LogP contribution is 2.40. The Balaban J connectivity index is 2.16. The molecule has 2 heterocycles. The summed E-state index contributed by atoms with van der Waals surface area (Å²) in [5, 5.41) is 7.12. The lowest BCUT2D eigenvalue weighted by atomic mass is 9.79. The van der Waals surface area contributed by atoms with Crippen molar-refractivity contribution < 1.29 is 4.79 Å². The molecule has 0 aromatic carbocycles. The minimum atomic E-state index is -0.0792. The first-order chi connectivity index (χ1) is 9.98. The standard InChI is InChI=1S/C17H30N4O/c1-16(2,3)12-8-14(21(10-12)17(4,5)6)15(22)19-13-9-18-20(7)11-13/h9,11-12,14H,8,10H2,1-7H3,(H,19,22)/t12?,14-/m0/s1. The van der Waals surface area contributed by atoms with E-state index in [0.717, 1.165) is 18.7 Å². The fourth-order valence-corrected chi connectivity index (χ4v) is 3.16. The van der Waals surface area contributed by atoms with E-state index in [1.807, 2.05) is 13.2 Å². The van der Waals surface area contributed by atoms with Crippen molar-refractivity contribution >= 4 is 11.6 Å². The molecule has 0 saturated carbocycles. The molecule has 1 fully saturated rings. The van der Waals surface area contributed by atoms with Crippen LogP contribution in [0.15, 0.2) is 12.4 Å². The number of anilines is 1. The van der Waals surface area contributed by atoms with Gasteiger partial charge < -0.3 is 5.32 Å². The number of carbonyl (C=O) groups is 1. The average molecular weight is 306 g/mol. The summed E-state index contributed by atoms with van der Waals surface area (Å²) in [6.07, 6.45) is 4.43. The van der Waals surface area contributed by atoms with Gasteiger partial charge in [-0.25, -0.2) is 0 Å². The monoisotopic (exact) mass is 306 g/mol. The fraction of sp³-hybridized carbons (Fsp3) is 0.765. The van der Waals surface area contributed by atoms with Crippen molar-refractivity contribution in [3.8, 4) is 0 Å². The van der Waals surface area contributed by atoms with E-state index in [0.29, 0.717) is 5.92 Å². The largest absolute Gasteiger partial charge is 0.322 e. The van der Waals surface area contributed by atoms with Gasteiger partial charge in [0.2, 0.25) is 5.91 Å². The number of aromatic nitrogens is 2. The summed E-state index contributed by atoms with van der Waals surface area (Å²) in [4.78, 5) is 15.1. The second kappa shape index (κ2) is 5.69. The highest BCUT2D eigenvalue weighted by Gasteiger charge is 2.45. The Hall–Kier alpha value is -1.36. The van der Waals surface area contributed by atoms with Crippen molar-refractivity contribution in [1.29, 1.82) is 0 Å². The third-order valence-corrected chi connectivity index (χ3v) is 4.66. The molecule has 1 amide bonds. The minimum absolute atomic E-state index is 0.0169. The zero-order valence-corrected chi connectivity index (χ0v) is 15.0. The molecule has 2 rings (SSSR count). The molecule has 5 heteroatoms. The number of hydrogen-bond acceptors (Lipinski definition) is 3. The van der Waals surface area contributed by atoms with Crippen LogP contribution in [0.4, 0.5) is 5.69 Å². The van der Waals surface area contributed by atoms with Crippen LogP contribution in [0.3, 0.4) is 0 Å². The number of rotatable bonds is 2. The van der Waals surface area contributed by atoms with Crippen LogP contribution in [-0.4, -0.2) is 38.7 Å². The lowest BCUT2D eigenvalue weighted by molar-refractivity contribution is -0.121. The minimum Gasteiger partial charge on any atom is -0.322 e. The van der Waals surface area contributed by atoms with Crippen LogP contribution in [0.1, 0.15) is 48.0 Å². The zero-order valence-electron chi connectivity index (χ0n) is 15.0. The van der Waals surface area contributed by atoms with E-state index in [2.05, 4.69) is 56.9 Å². The molecule has 1 saturated heterocycles. The molecule has 1 unspecified atom stereocenters. The van der Waals surface area contributed by atoms with Gasteiger partial charge in [0.25, 0.3) is 0 Å². The molecule has 1 N–H and O–H groups in total. The average Bonchev–Trinajstić information content (AvgIpc) is 2.93. The molecule has 1 aromatic heterocycles. The molecule has 1 aliphatic rings. The molecule has 5 nitrogen and oxygen atoms in total. The number of amides is 1. The lowest BCUT2D eigenvalue weighted by Gasteiger charge is -2.36. The number of likely N-dealkylation sites (tertiary alicyclic amines) is 1. The van der Waals surface area contributed by atoms with Crippen LogP contribution in [-0.2, 0) is 11.8 Å². The van der Waals surface area contributed by atoms with Gasteiger partial charge in [0.15, 0.2) is 0 Å². The van der Waals surface area contributed by atoms with Crippen molar-refractivity contribution in [2.24, 2.45) is 18.4 Å². The first-order valence-corrected chi connectivity index (χ1v) is 8.05. The Morgan fingerprint density at radius 2 is 1.91 bits per heavy atom. The Morgan fingerprint density at radius 3 is 2.36 bits per heavy atom. The van der Waals surface area contributed by atoms with E-state index in [1.54, 1.807) is 10.9 Å². The lowest BCUT2D eigenvalue weighted by Crippen LogP contribution is -2.49. The van der Waals surface area contributed by atoms with E-state index in [4.69, 9.17) is 0 Å². The summed E-state index contributed by atoms with van der Waals surface area (Å²) in [6, 6.07) is -0.0792. The SMILES string of the molecule is Cn1cc(NC(=O)[C@@H]2CC(C(C)(C)C)CN2C(C)(C)C)cn1. The second-order valence-corrected chi connectivity index (χ2v) is 8.53. The molecule has 0 spiro atoms. The number of hydrogen-bond donors (Lipinski definition) is 1. The van der Waals surface area contributed by atoms with Crippen LogP contribution < -0.4 is 5.32 Å². The van der Waals surface area contributed by atoms with E-state index in [-0.39, 0.29) is 22.9 Å². The third kappa shape index (κ3) is 3.69.